The van der Waals surface area contributed by atoms with Crippen LogP contribution >= 0.6 is 0 Å². The van der Waals surface area contributed by atoms with Crippen LogP contribution in [0.15, 0.2) is 0 Å². The molecule has 0 saturated carbocycles. The zero-order valence-electron chi connectivity index (χ0n) is 27.3. The van der Waals surface area contributed by atoms with Crippen molar-refractivity contribution in [2.45, 2.75) is 195 Å². The fourth-order valence-corrected chi connectivity index (χ4v) is 5.39. The first-order valence-corrected chi connectivity index (χ1v) is 17.5. The van der Waals surface area contributed by atoms with Gasteiger partial charge in [-0.1, -0.05) is 143 Å². The SMILES string of the molecule is CCCCCCCCCC(=O)O.CCCCCCCC[N+](C)(CCCCCCCC)CCCCCCCC. The molecule has 0 rings (SSSR count). The molecule has 0 aliphatic rings. The quantitative estimate of drug-likeness (QED) is 0.0756. The van der Waals surface area contributed by atoms with E-state index in [2.05, 4.69) is 34.7 Å². The lowest BCUT2D eigenvalue weighted by atomic mass is 10.1. The van der Waals surface area contributed by atoms with E-state index in [4.69, 9.17) is 5.11 Å². The minimum atomic E-state index is -0.663. The van der Waals surface area contributed by atoms with Crippen LogP contribution in [0, 0.1) is 0 Å². The highest BCUT2D eigenvalue weighted by Gasteiger charge is 2.20. The molecule has 0 saturated heterocycles. The molecule has 230 valence electrons. The molecule has 0 aromatic heterocycles. The predicted octanol–water partition coefficient (Wildman–Crippen LogP) is 11.7. The van der Waals surface area contributed by atoms with E-state index in [1.165, 1.54) is 172 Å². The highest BCUT2D eigenvalue weighted by molar-refractivity contribution is 5.66. The van der Waals surface area contributed by atoms with Crippen molar-refractivity contribution in [2.75, 3.05) is 26.7 Å². The summed E-state index contributed by atoms with van der Waals surface area (Å²) in [5.74, 6) is -0.663. The standard InChI is InChI=1S/C25H54N.C10H20O2/c1-5-8-11-14-17-20-23-26(4,24-21-18-15-12-9-6-2)25-22-19-16-13-10-7-3;1-2-3-4-5-6-7-8-9-10(11)12/h5-25H2,1-4H3;2-9H2,1H3,(H,11,12)/q+1;. The maximum atomic E-state index is 10.1. The molecule has 0 aromatic rings. The molecule has 0 atom stereocenters. The zero-order valence-corrected chi connectivity index (χ0v) is 27.3. The van der Waals surface area contributed by atoms with Crippen molar-refractivity contribution in [1.29, 1.82) is 0 Å². The summed E-state index contributed by atoms with van der Waals surface area (Å²) in [5, 5.41) is 8.35. The third-order valence-corrected chi connectivity index (χ3v) is 8.15. The number of quaternary nitrogens is 1. The summed E-state index contributed by atoms with van der Waals surface area (Å²) in [6, 6.07) is 0. The second kappa shape index (κ2) is 32.6. The van der Waals surface area contributed by atoms with Gasteiger partial charge in [0.2, 0.25) is 0 Å². The molecule has 0 heterocycles. The number of carboxylic acids is 1. The number of rotatable bonds is 29. The number of carbonyl (C=O) groups is 1. The van der Waals surface area contributed by atoms with Crippen molar-refractivity contribution >= 4 is 5.97 Å². The number of unbranched alkanes of at least 4 members (excludes halogenated alkanes) is 21. The molecule has 0 unspecified atom stereocenters. The molecule has 0 radical (unpaired) electrons. The van der Waals surface area contributed by atoms with Gasteiger partial charge in [0.05, 0.1) is 26.7 Å². The first-order chi connectivity index (χ1) is 18.5. The highest BCUT2D eigenvalue weighted by Crippen LogP contribution is 2.16. The van der Waals surface area contributed by atoms with Crippen LogP contribution in [0.4, 0.5) is 0 Å². The molecular formula is C35H74NO2+. The van der Waals surface area contributed by atoms with Crippen molar-refractivity contribution in [1.82, 2.24) is 0 Å². The summed E-state index contributed by atoms with van der Waals surface area (Å²) in [4.78, 5) is 10.1. The molecule has 38 heavy (non-hydrogen) atoms. The van der Waals surface area contributed by atoms with Crippen LogP contribution in [0.2, 0.25) is 0 Å². The van der Waals surface area contributed by atoms with Crippen LogP contribution in [0.25, 0.3) is 0 Å². The van der Waals surface area contributed by atoms with Gasteiger partial charge in [-0.25, -0.2) is 0 Å². The van der Waals surface area contributed by atoms with E-state index in [9.17, 15) is 4.79 Å². The molecule has 3 heteroatoms. The van der Waals surface area contributed by atoms with E-state index >= 15 is 0 Å². The van der Waals surface area contributed by atoms with Gasteiger partial charge >= 0.3 is 5.97 Å². The Labute approximate surface area is 241 Å². The van der Waals surface area contributed by atoms with E-state index in [1.807, 2.05) is 0 Å². The topological polar surface area (TPSA) is 37.3 Å². The molecule has 0 aliphatic carbocycles. The van der Waals surface area contributed by atoms with Gasteiger partial charge in [-0.3, -0.25) is 4.79 Å². The largest absolute Gasteiger partial charge is 0.481 e. The Morgan fingerprint density at radius 1 is 0.421 bits per heavy atom. The average molecular weight is 541 g/mol. The van der Waals surface area contributed by atoms with E-state index in [0.717, 1.165) is 12.8 Å². The van der Waals surface area contributed by atoms with Crippen LogP contribution in [0.5, 0.6) is 0 Å². The van der Waals surface area contributed by atoms with Crippen LogP contribution < -0.4 is 0 Å². The van der Waals surface area contributed by atoms with Crippen molar-refractivity contribution in [3.8, 4) is 0 Å². The number of hydrogen-bond donors (Lipinski definition) is 1. The molecule has 0 spiro atoms. The summed E-state index contributed by atoms with van der Waals surface area (Å²) in [6.45, 7) is 13.4. The molecule has 0 amide bonds. The fraction of sp³-hybridized carbons (Fsp3) is 0.971. The second-order valence-electron chi connectivity index (χ2n) is 12.4. The average Bonchev–Trinajstić information content (AvgIpc) is 2.90. The van der Waals surface area contributed by atoms with E-state index in [0.29, 0.717) is 6.42 Å². The minimum absolute atomic E-state index is 0.341. The molecule has 0 fully saturated rings. The number of aliphatic carboxylic acids is 1. The summed E-state index contributed by atoms with van der Waals surface area (Å²) < 4.78 is 1.36. The van der Waals surface area contributed by atoms with Gasteiger partial charge in [-0.2, -0.15) is 0 Å². The lowest BCUT2D eigenvalue weighted by Crippen LogP contribution is -2.46. The summed E-state index contributed by atoms with van der Waals surface area (Å²) in [7, 11) is 2.56. The molecule has 0 aromatic carbocycles. The van der Waals surface area contributed by atoms with Gasteiger partial charge in [-0.15, -0.1) is 0 Å². The second-order valence-corrected chi connectivity index (χ2v) is 12.4. The van der Waals surface area contributed by atoms with Crippen molar-refractivity contribution in [2.24, 2.45) is 0 Å². The predicted molar refractivity (Wildman–Crippen MR) is 171 cm³/mol. The van der Waals surface area contributed by atoms with Crippen LogP contribution in [-0.2, 0) is 4.79 Å². The molecule has 0 aliphatic heterocycles. The lowest BCUT2D eigenvalue weighted by molar-refractivity contribution is -0.910. The number of carboxylic acid groups (broad SMARTS) is 1. The van der Waals surface area contributed by atoms with Crippen LogP contribution in [0.1, 0.15) is 195 Å². The fourth-order valence-electron chi connectivity index (χ4n) is 5.39. The third kappa shape index (κ3) is 33.5. The van der Waals surface area contributed by atoms with Crippen LogP contribution in [-0.4, -0.2) is 42.2 Å². The lowest BCUT2D eigenvalue weighted by Gasteiger charge is -2.35. The Bertz CT molecular complexity index is 410. The Morgan fingerprint density at radius 3 is 0.921 bits per heavy atom. The number of hydrogen-bond acceptors (Lipinski definition) is 1. The molecule has 0 bridgehead atoms. The van der Waals surface area contributed by atoms with Gasteiger partial charge in [0, 0.05) is 6.42 Å². The zero-order chi connectivity index (χ0) is 28.6. The van der Waals surface area contributed by atoms with Crippen LogP contribution in [0.3, 0.4) is 0 Å². The Balaban J connectivity index is 0. The van der Waals surface area contributed by atoms with Crippen molar-refractivity contribution < 1.29 is 14.4 Å². The minimum Gasteiger partial charge on any atom is -0.481 e. The Hall–Kier alpha value is -0.570. The normalized spacial score (nSPS) is 11.4. The first kappa shape index (κ1) is 39.6. The summed E-state index contributed by atoms with van der Waals surface area (Å²) in [5.41, 5.74) is 0. The maximum Gasteiger partial charge on any atom is 0.303 e. The highest BCUT2D eigenvalue weighted by atomic mass is 16.4. The summed E-state index contributed by atoms with van der Waals surface area (Å²) in [6.07, 6.45) is 34.5. The van der Waals surface area contributed by atoms with E-state index in [1.54, 1.807) is 0 Å². The first-order valence-electron chi connectivity index (χ1n) is 17.5. The van der Waals surface area contributed by atoms with Crippen molar-refractivity contribution in [3.05, 3.63) is 0 Å². The van der Waals surface area contributed by atoms with Gasteiger partial charge in [0.25, 0.3) is 0 Å². The monoisotopic (exact) mass is 541 g/mol. The van der Waals surface area contributed by atoms with E-state index in [-0.39, 0.29) is 0 Å². The molecule has 1 N–H and O–H groups in total. The van der Waals surface area contributed by atoms with Gasteiger partial charge in [-0.05, 0) is 44.9 Å². The van der Waals surface area contributed by atoms with Gasteiger partial charge in [0.1, 0.15) is 0 Å². The Morgan fingerprint density at radius 2 is 0.658 bits per heavy atom. The van der Waals surface area contributed by atoms with Crippen molar-refractivity contribution in [3.63, 3.8) is 0 Å². The molecule has 3 nitrogen and oxygen atoms in total. The van der Waals surface area contributed by atoms with Gasteiger partial charge in [0.15, 0.2) is 0 Å². The summed E-state index contributed by atoms with van der Waals surface area (Å²) >= 11 is 0. The van der Waals surface area contributed by atoms with E-state index < -0.39 is 5.97 Å². The Kier molecular flexibility index (Phi) is 34.0. The maximum absolute atomic E-state index is 10.1. The number of nitrogens with zero attached hydrogens (tertiary/aromatic N) is 1. The molecular weight excluding hydrogens is 466 g/mol. The third-order valence-electron chi connectivity index (χ3n) is 8.15. The smallest absolute Gasteiger partial charge is 0.303 e. The van der Waals surface area contributed by atoms with Gasteiger partial charge < -0.3 is 9.59 Å².